The fourth-order valence-corrected chi connectivity index (χ4v) is 18.0. The van der Waals surface area contributed by atoms with Gasteiger partial charge in [0.15, 0.2) is 11.9 Å². The van der Waals surface area contributed by atoms with E-state index in [0.29, 0.717) is 50.6 Å². The topological polar surface area (TPSA) is 742 Å². The second-order valence-electron chi connectivity index (χ2n) is 41.6. The number of amides is 19. The Bertz CT molecular complexity index is 4790. The minimum absolute atomic E-state index is 0.0473. The van der Waals surface area contributed by atoms with Crippen molar-refractivity contribution >= 4 is 136 Å². The fourth-order valence-electron chi connectivity index (χ4n) is 18.0. The minimum Gasteiger partial charge on any atom is -0.481 e. The number of carbonyl (C=O) groups is 21. The number of nitrogens with one attached hydrogen (secondary N) is 19. The maximum atomic E-state index is 14.9. The van der Waals surface area contributed by atoms with Gasteiger partial charge in [-0.25, -0.2) is 0 Å². The van der Waals surface area contributed by atoms with E-state index >= 15 is 0 Å². The highest BCUT2D eigenvalue weighted by molar-refractivity contribution is 6.03. The maximum absolute atomic E-state index is 14.9. The highest BCUT2D eigenvalue weighted by atomic mass is 16.4. The van der Waals surface area contributed by atoms with Crippen molar-refractivity contribution in [1.82, 2.24) is 110 Å². The summed E-state index contributed by atoms with van der Waals surface area (Å²) in [7, 11) is 0. The number of benzene rings is 1. The van der Waals surface area contributed by atoms with Gasteiger partial charge in [0.1, 0.15) is 115 Å². The van der Waals surface area contributed by atoms with E-state index in [1.807, 2.05) is 27.7 Å². The van der Waals surface area contributed by atoms with Crippen LogP contribution in [0.5, 0.6) is 0 Å². The molecular formula is C99H164N26O23. The van der Waals surface area contributed by atoms with Crippen molar-refractivity contribution in [2.75, 3.05) is 45.8 Å². The van der Waals surface area contributed by atoms with Crippen LogP contribution in [0.1, 0.15) is 246 Å². The van der Waals surface area contributed by atoms with Gasteiger partial charge >= 0.3 is 11.9 Å². The molecule has 828 valence electrons. The number of rotatable bonds is 59. The summed E-state index contributed by atoms with van der Waals surface area (Å²) in [5.74, 6) is -20.5. The van der Waals surface area contributed by atoms with Crippen LogP contribution in [0.15, 0.2) is 30.3 Å². The Morgan fingerprint density at radius 2 is 0.635 bits per heavy atom. The Balaban J connectivity index is 1.23. The van der Waals surface area contributed by atoms with Crippen molar-refractivity contribution in [1.29, 1.82) is 10.8 Å². The van der Waals surface area contributed by atoms with Crippen molar-refractivity contribution in [2.24, 2.45) is 58.6 Å². The van der Waals surface area contributed by atoms with Gasteiger partial charge in [-0.2, -0.15) is 0 Å². The zero-order chi connectivity index (χ0) is 111. The zero-order valence-electron chi connectivity index (χ0n) is 88.8. The second-order valence-corrected chi connectivity index (χ2v) is 41.6. The lowest BCUT2D eigenvalue weighted by molar-refractivity contribution is -0.145. The lowest BCUT2D eigenvalue weighted by atomic mass is 9.99. The van der Waals surface area contributed by atoms with E-state index < -0.39 is 276 Å². The predicted molar refractivity (Wildman–Crippen MR) is 545 cm³/mol. The van der Waals surface area contributed by atoms with Gasteiger partial charge in [-0.1, -0.05) is 127 Å². The van der Waals surface area contributed by atoms with Crippen molar-refractivity contribution < 1.29 is 111 Å². The first-order valence-electron chi connectivity index (χ1n) is 51.6. The van der Waals surface area contributed by atoms with E-state index in [1.54, 1.807) is 99.6 Å². The van der Waals surface area contributed by atoms with Gasteiger partial charge in [0.2, 0.25) is 112 Å². The largest absolute Gasteiger partial charge is 0.481 e. The smallest absolute Gasteiger partial charge is 0.322 e. The Morgan fingerprint density at radius 3 is 1.04 bits per heavy atom. The highest BCUT2D eigenvalue weighted by Gasteiger charge is 2.47. The number of carboxylic acids is 2. The monoisotopic (exact) mass is 2090 g/mol. The van der Waals surface area contributed by atoms with Crippen LogP contribution in [0.3, 0.4) is 0 Å². The molecule has 0 aliphatic carbocycles. The van der Waals surface area contributed by atoms with E-state index in [2.05, 4.69) is 90.4 Å². The summed E-state index contributed by atoms with van der Waals surface area (Å²) in [5, 5.41) is 78.5. The molecule has 1 aromatic rings. The first-order valence-corrected chi connectivity index (χ1v) is 51.6. The quantitative estimate of drug-likeness (QED) is 0.0177. The summed E-state index contributed by atoms with van der Waals surface area (Å²) in [6.45, 7) is 29.7. The average Bonchev–Trinajstić information content (AvgIpc) is 1.67. The number of nitrogens with zero attached hydrogens (tertiary/aromatic N) is 4. The third-order valence-electron chi connectivity index (χ3n) is 26.0. The third-order valence-corrected chi connectivity index (χ3v) is 26.0. The van der Waals surface area contributed by atoms with Crippen molar-refractivity contribution in [3.8, 4) is 0 Å². The van der Waals surface area contributed by atoms with Gasteiger partial charge < -0.3 is 137 Å². The first kappa shape index (κ1) is 125. The van der Waals surface area contributed by atoms with Crippen LogP contribution in [0.4, 0.5) is 0 Å². The summed E-state index contributed by atoms with van der Waals surface area (Å²) in [6.07, 6.45) is 2.14. The summed E-state index contributed by atoms with van der Waals surface area (Å²) in [4.78, 5) is 299. The molecular weight excluding hydrogens is 1920 g/mol. The number of nitrogens with two attached hydrogens (primary N) is 3. The Kier molecular flexibility index (Phi) is 51.3. The lowest BCUT2D eigenvalue weighted by Gasteiger charge is -2.33. The van der Waals surface area contributed by atoms with E-state index in [0.717, 1.165) is 0 Å². The molecule has 5 rings (SSSR count). The number of carboxylic acid groups (broad SMARTS) is 2. The van der Waals surface area contributed by atoms with Crippen LogP contribution in [-0.4, -0.2) is 327 Å². The van der Waals surface area contributed by atoms with E-state index in [1.165, 1.54) is 47.3 Å². The fraction of sp³-hybridized carbons (Fsp3) is 0.707. The molecule has 4 fully saturated rings. The first-order chi connectivity index (χ1) is 69.4. The predicted octanol–water partition coefficient (Wildman–Crippen LogP) is -2.87. The molecule has 0 radical (unpaired) electrons. The van der Waals surface area contributed by atoms with E-state index in [-0.39, 0.29) is 139 Å². The van der Waals surface area contributed by atoms with Gasteiger partial charge in [-0.05, 0) is 184 Å². The number of aliphatic carboxylic acids is 2. The molecule has 19 amide bonds. The molecule has 4 heterocycles. The van der Waals surface area contributed by atoms with Crippen LogP contribution in [-0.2, 0) is 107 Å². The maximum Gasteiger partial charge on any atom is 0.322 e. The molecule has 1 aromatic carbocycles. The lowest BCUT2D eigenvalue weighted by Crippen LogP contribution is -2.61. The molecule has 4 aliphatic heterocycles. The van der Waals surface area contributed by atoms with Crippen LogP contribution in [0, 0.1) is 52.2 Å². The Hall–Kier alpha value is -13.4. The van der Waals surface area contributed by atoms with Crippen molar-refractivity contribution in [3.05, 3.63) is 35.9 Å². The SMILES string of the molecule is CC(C)C[C@H](NC(=O)[C@H](C)NC(=O)[C@@H]1CCCN1C(=O)[C@@H](N)CCCNC(=N)N)C(=O)N[C@@H](C)C(=O)N1CCC[C@H]1C(=O)N[C@@H](CC(C)C)C(=O)N[C@H](C(=O)N[C@@H](C)C(=O)N[C@@H](Cc1ccccc1)C(=O)N[C@H](C(=O)N[C@@H](C)C(=O)N[C@@H](CC(C)C)C(=O)N1CCC[C@H]1C(=O)N[C@@H](CC(C)C)C(=O)N1CCC[C@H]1C(=O)N[C@@H](CCCNC(=N)N)C(=O)N[C@H](C(=O)N[C@@H](CCC(=O)O)C(=O)NCC(=O)O)C(C)C)C(C)C)C(C)C. The molecule has 0 unspecified atom stereocenters. The molecule has 0 aromatic heterocycles. The summed E-state index contributed by atoms with van der Waals surface area (Å²) in [5.41, 5.74) is 17.6. The van der Waals surface area contributed by atoms with Crippen molar-refractivity contribution in [3.63, 3.8) is 0 Å². The van der Waals surface area contributed by atoms with Crippen molar-refractivity contribution in [2.45, 2.75) is 361 Å². The number of likely N-dealkylation sites (tertiary alicyclic amines) is 4. The highest BCUT2D eigenvalue weighted by Crippen LogP contribution is 2.28. The number of hydrogen-bond acceptors (Lipinski definition) is 24. The molecule has 148 heavy (non-hydrogen) atoms. The molecule has 4 saturated heterocycles. The average molecular weight is 2090 g/mol. The van der Waals surface area contributed by atoms with Crippen LogP contribution in [0.2, 0.25) is 0 Å². The molecule has 27 N–H and O–H groups in total. The van der Waals surface area contributed by atoms with Gasteiger partial charge in [0.25, 0.3) is 0 Å². The van der Waals surface area contributed by atoms with Gasteiger partial charge in [-0.3, -0.25) is 112 Å². The van der Waals surface area contributed by atoms with Gasteiger partial charge in [0, 0.05) is 52.1 Å². The minimum atomic E-state index is -1.54. The second kappa shape index (κ2) is 60.8. The molecule has 0 spiro atoms. The standard InChI is InChI=1S/C99H164N26O23/c1-50(2)44-65(114-79(130)57(15)108-87(138)70-32-25-41-123(70)95(146)62(100)30-22-38-105-98(101)102)84(135)111-60(18)94(145)122-40-24-33-71(122)89(140)116-66(45-51(3)4)85(136)120-76(54(9)10)91(142)109-58(16)80(131)115-67(48-61-28-20-19-21-29-61)86(137)121-77(55(11)12)92(143)110-59(17)81(132)117-68(46-52(5)6)96(147)125-43-27-35-73(125)90(141)118-69(47-53(7)8)97(148)124-42-26-34-72(124)88(139)112-63(31-23-39-106-99(103)104)83(134)119-78(56(13)14)93(144)113-64(36-37-74(126)127)82(133)107-49-75(128)129/h19-21,28-29,50-60,62-73,76-78H,22-27,30-49,100H2,1-18H3,(H,107,133)(H,108,138)(H,109,142)(H,110,143)(H,111,135)(H,112,139)(H,113,144)(H,114,130)(H,115,131)(H,116,140)(H,117,132)(H,118,141)(H,119,134)(H,120,136)(H,121,137)(H,126,127)(H,128,129)(H4,101,102,105)(H4,103,104,106)/t57-,58-,59-,60-,62-,63-,64-,65-,66-,67-,68-,69-,70-,71-,72-,73-,76-,77-,78-/m0/s1. The molecule has 49 nitrogen and oxygen atoms in total. The Morgan fingerprint density at radius 1 is 0.324 bits per heavy atom. The van der Waals surface area contributed by atoms with Gasteiger partial charge in [0.05, 0.1) is 6.04 Å². The summed E-state index contributed by atoms with van der Waals surface area (Å²) >= 11 is 0. The number of hydrogen-bond donors (Lipinski definition) is 24. The number of carbonyl (C=O) groups excluding carboxylic acids is 19. The molecule has 0 bridgehead atoms. The van der Waals surface area contributed by atoms with Gasteiger partial charge in [-0.15, -0.1) is 0 Å². The molecule has 49 heteroatoms. The summed E-state index contributed by atoms with van der Waals surface area (Å²) < 4.78 is 0. The van der Waals surface area contributed by atoms with E-state index in [4.69, 9.17) is 33.1 Å². The van der Waals surface area contributed by atoms with Crippen LogP contribution in [0.25, 0.3) is 0 Å². The summed E-state index contributed by atoms with van der Waals surface area (Å²) in [6, 6.07) is -15.3. The molecule has 0 saturated carbocycles. The molecule has 19 atom stereocenters. The van der Waals surface area contributed by atoms with Crippen LogP contribution < -0.4 is 108 Å². The Labute approximate surface area is 865 Å². The number of guanidine groups is 2. The molecule has 4 aliphatic rings. The normalized spacial score (nSPS) is 18.6. The third kappa shape index (κ3) is 40.3. The zero-order valence-corrected chi connectivity index (χ0v) is 88.8. The van der Waals surface area contributed by atoms with E-state index in [9.17, 15) is 106 Å². The van der Waals surface area contributed by atoms with Crippen LogP contribution >= 0.6 is 0 Å².